The van der Waals surface area contributed by atoms with E-state index in [1.165, 1.54) is 12.8 Å². The smallest absolute Gasteiger partial charge is 0.147 e. The van der Waals surface area contributed by atoms with Gasteiger partial charge < -0.3 is 10.2 Å². The Morgan fingerprint density at radius 2 is 2.22 bits per heavy atom. The number of aromatic nitrogens is 1. The SMILES string of the molecule is CNCc1cnc(N(CC2CC2)C(C)C)c(Cl)c1. The van der Waals surface area contributed by atoms with Gasteiger partial charge in [-0.1, -0.05) is 11.6 Å². The predicted molar refractivity (Wildman–Crippen MR) is 77.2 cm³/mol. The first-order chi connectivity index (χ1) is 8.61. The van der Waals surface area contributed by atoms with Gasteiger partial charge >= 0.3 is 0 Å². The minimum absolute atomic E-state index is 0.436. The molecule has 0 amide bonds. The highest BCUT2D eigenvalue weighted by atomic mass is 35.5. The van der Waals surface area contributed by atoms with Crippen LogP contribution in [0.15, 0.2) is 12.3 Å². The molecule has 0 aliphatic heterocycles. The molecule has 2 rings (SSSR count). The second-order valence-corrected chi connectivity index (χ2v) is 5.78. The van der Waals surface area contributed by atoms with E-state index in [2.05, 4.69) is 29.0 Å². The second kappa shape index (κ2) is 5.89. The zero-order valence-electron chi connectivity index (χ0n) is 11.4. The van der Waals surface area contributed by atoms with E-state index in [0.717, 1.165) is 35.4 Å². The Balaban J connectivity index is 2.17. The molecule has 1 aromatic rings. The van der Waals surface area contributed by atoms with Crippen molar-refractivity contribution in [1.82, 2.24) is 10.3 Å². The molecule has 0 bridgehead atoms. The van der Waals surface area contributed by atoms with Gasteiger partial charge in [-0.2, -0.15) is 0 Å². The Hall–Kier alpha value is -0.800. The molecule has 0 aromatic carbocycles. The van der Waals surface area contributed by atoms with Gasteiger partial charge in [-0.05, 0) is 51.3 Å². The van der Waals surface area contributed by atoms with Crippen LogP contribution in [0.2, 0.25) is 5.02 Å². The van der Waals surface area contributed by atoms with Crippen LogP contribution in [0.4, 0.5) is 5.82 Å². The molecule has 100 valence electrons. The van der Waals surface area contributed by atoms with Crippen LogP contribution in [0.1, 0.15) is 32.3 Å². The molecule has 0 atom stereocenters. The first-order valence-corrected chi connectivity index (χ1v) is 7.05. The van der Waals surface area contributed by atoms with E-state index in [4.69, 9.17) is 11.6 Å². The molecule has 0 radical (unpaired) electrons. The molecule has 1 fully saturated rings. The van der Waals surface area contributed by atoms with Crippen molar-refractivity contribution in [2.75, 3.05) is 18.5 Å². The predicted octanol–water partition coefficient (Wildman–Crippen LogP) is 3.08. The average molecular weight is 268 g/mol. The summed E-state index contributed by atoms with van der Waals surface area (Å²) in [5.74, 6) is 1.76. The van der Waals surface area contributed by atoms with Gasteiger partial charge in [-0.25, -0.2) is 4.98 Å². The molecule has 1 heterocycles. The van der Waals surface area contributed by atoms with E-state index < -0.39 is 0 Å². The number of hydrogen-bond donors (Lipinski definition) is 1. The summed E-state index contributed by atoms with van der Waals surface area (Å²) < 4.78 is 0. The van der Waals surface area contributed by atoms with Crippen LogP contribution in [0.3, 0.4) is 0 Å². The van der Waals surface area contributed by atoms with Crippen molar-refractivity contribution >= 4 is 17.4 Å². The molecule has 1 aliphatic rings. The number of anilines is 1. The van der Waals surface area contributed by atoms with Crippen molar-refractivity contribution < 1.29 is 0 Å². The monoisotopic (exact) mass is 267 g/mol. The summed E-state index contributed by atoms with van der Waals surface area (Å²) in [4.78, 5) is 6.88. The molecular weight excluding hydrogens is 246 g/mol. The summed E-state index contributed by atoms with van der Waals surface area (Å²) in [6, 6.07) is 2.45. The number of rotatable bonds is 6. The van der Waals surface area contributed by atoms with Gasteiger partial charge in [0.05, 0.1) is 5.02 Å². The molecule has 1 saturated carbocycles. The lowest BCUT2D eigenvalue weighted by Crippen LogP contribution is -2.33. The second-order valence-electron chi connectivity index (χ2n) is 5.37. The van der Waals surface area contributed by atoms with E-state index in [1.54, 1.807) is 0 Å². The Morgan fingerprint density at radius 3 is 2.72 bits per heavy atom. The minimum Gasteiger partial charge on any atom is -0.353 e. The third-order valence-corrected chi connectivity index (χ3v) is 3.58. The summed E-state index contributed by atoms with van der Waals surface area (Å²) in [5, 5.41) is 3.87. The van der Waals surface area contributed by atoms with Gasteiger partial charge in [0.25, 0.3) is 0 Å². The summed E-state index contributed by atoms with van der Waals surface area (Å²) in [6.07, 6.45) is 4.61. The normalized spacial score (nSPS) is 15.2. The molecule has 4 heteroatoms. The zero-order valence-corrected chi connectivity index (χ0v) is 12.2. The Labute approximate surface area is 115 Å². The van der Waals surface area contributed by atoms with Crippen molar-refractivity contribution in [3.05, 3.63) is 22.8 Å². The highest BCUT2D eigenvalue weighted by molar-refractivity contribution is 6.33. The van der Waals surface area contributed by atoms with Crippen molar-refractivity contribution in [1.29, 1.82) is 0 Å². The fourth-order valence-electron chi connectivity index (χ4n) is 2.10. The van der Waals surface area contributed by atoms with Crippen molar-refractivity contribution in [2.24, 2.45) is 5.92 Å². The Kier molecular flexibility index (Phi) is 4.46. The number of halogens is 1. The van der Waals surface area contributed by atoms with Gasteiger partial charge in [0.1, 0.15) is 5.82 Å². The van der Waals surface area contributed by atoms with E-state index in [-0.39, 0.29) is 0 Å². The van der Waals surface area contributed by atoms with Gasteiger partial charge in [0, 0.05) is 25.3 Å². The highest BCUT2D eigenvalue weighted by Crippen LogP contribution is 2.34. The fourth-order valence-corrected chi connectivity index (χ4v) is 2.40. The van der Waals surface area contributed by atoms with Crippen LogP contribution in [0.25, 0.3) is 0 Å². The summed E-state index contributed by atoms with van der Waals surface area (Å²) >= 11 is 6.38. The molecule has 3 nitrogen and oxygen atoms in total. The number of hydrogen-bond acceptors (Lipinski definition) is 3. The van der Waals surface area contributed by atoms with Crippen LogP contribution in [-0.4, -0.2) is 24.6 Å². The third kappa shape index (κ3) is 3.36. The lowest BCUT2D eigenvalue weighted by molar-refractivity contribution is 0.636. The topological polar surface area (TPSA) is 28.2 Å². The molecule has 0 unspecified atom stereocenters. The van der Waals surface area contributed by atoms with E-state index >= 15 is 0 Å². The summed E-state index contributed by atoms with van der Waals surface area (Å²) in [6.45, 7) is 6.27. The van der Waals surface area contributed by atoms with Crippen molar-refractivity contribution in [3.63, 3.8) is 0 Å². The summed E-state index contributed by atoms with van der Waals surface area (Å²) in [7, 11) is 1.93. The molecule has 0 saturated heterocycles. The number of nitrogens with zero attached hydrogens (tertiary/aromatic N) is 2. The minimum atomic E-state index is 0.436. The van der Waals surface area contributed by atoms with Crippen LogP contribution >= 0.6 is 11.6 Å². The van der Waals surface area contributed by atoms with E-state index in [0.29, 0.717) is 6.04 Å². The van der Waals surface area contributed by atoms with E-state index in [9.17, 15) is 0 Å². The molecule has 1 N–H and O–H groups in total. The van der Waals surface area contributed by atoms with Crippen molar-refractivity contribution in [3.8, 4) is 0 Å². The standard InChI is InChI=1S/C14H22ClN3/c1-10(2)18(9-11-4-5-11)14-13(15)6-12(7-16-3)8-17-14/h6,8,10-11,16H,4-5,7,9H2,1-3H3. The van der Waals surface area contributed by atoms with Gasteiger partial charge in [0.15, 0.2) is 0 Å². The Morgan fingerprint density at radius 1 is 1.50 bits per heavy atom. The molecule has 18 heavy (non-hydrogen) atoms. The zero-order chi connectivity index (χ0) is 13.1. The largest absolute Gasteiger partial charge is 0.353 e. The Bertz CT molecular complexity index is 402. The number of pyridine rings is 1. The van der Waals surface area contributed by atoms with Crippen molar-refractivity contribution in [2.45, 2.75) is 39.3 Å². The first-order valence-electron chi connectivity index (χ1n) is 6.67. The maximum absolute atomic E-state index is 6.38. The van der Waals surface area contributed by atoms with Gasteiger partial charge in [-0.15, -0.1) is 0 Å². The molecule has 1 aliphatic carbocycles. The fraction of sp³-hybridized carbons (Fsp3) is 0.643. The van der Waals surface area contributed by atoms with Crippen LogP contribution in [0.5, 0.6) is 0 Å². The van der Waals surface area contributed by atoms with Crippen LogP contribution < -0.4 is 10.2 Å². The van der Waals surface area contributed by atoms with Crippen LogP contribution in [0, 0.1) is 5.92 Å². The van der Waals surface area contributed by atoms with Gasteiger partial charge in [0.2, 0.25) is 0 Å². The highest BCUT2D eigenvalue weighted by Gasteiger charge is 2.27. The summed E-state index contributed by atoms with van der Waals surface area (Å²) in [5.41, 5.74) is 1.13. The quantitative estimate of drug-likeness (QED) is 0.859. The molecular formula is C14H22ClN3. The number of nitrogens with one attached hydrogen (secondary N) is 1. The van der Waals surface area contributed by atoms with E-state index in [1.807, 2.05) is 19.3 Å². The van der Waals surface area contributed by atoms with Gasteiger partial charge in [-0.3, -0.25) is 0 Å². The molecule has 1 aromatic heterocycles. The average Bonchev–Trinajstić information content (AvgIpc) is 3.11. The molecule has 0 spiro atoms. The third-order valence-electron chi connectivity index (χ3n) is 3.31. The lowest BCUT2D eigenvalue weighted by atomic mass is 10.2. The first kappa shape index (κ1) is 13.6. The maximum Gasteiger partial charge on any atom is 0.147 e. The lowest BCUT2D eigenvalue weighted by Gasteiger charge is -2.28. The maximum atomic E-state index is 6.38. The van der Waals surface area contributed by atoms with Crippen LogP contribution in [-0.2, 0) is 6.54 Å².